The highest BCUT2D eigenvalue weighted by molar-refractivity contribution is 6.29. The van der Waals surface area contributed by atoms with E-state index in [9.17, 15) is 0 Å². The predicted molar refractivity (Wildman–Crippen MR) is 98.2 cm³/mol. The van der Waals surface area contributed by atoms with Gasteiger partial charge in [-0.15, -0.1) is 0 Å². The molecule has 0 spiro atoms. The molecule has 1 aliphatic carbocycles. The van der Waals surface area contributed by atoms with Crippen LogP contribution < -0.4 is 11.1 Å². The van der Waals surface area contributed by atoms with Gasteiger partial charge in [0.2, 0.25) is 0 Å². The SMILES string of the molecule is NC1CCCCC1Nc1cc(-c2c[nH]c3ncccc23)cc(Cl)n1. The molecule has 0 radical (unpaired) electrons. The second-order valence-electron chi connectivity index (χ2n) is 6.36. The fourth-order valence-corrected chi connectivity index (χ4v) is 3.66. The maximum Gasteiger partial charge on any atom is 0.137 e. The highest BCUT2D eigenvalue weighted by atomic mass is 35.5. The molecule has 3 heterocycles. The minimum absolute atomic E-state index is 0.167. The standard InChI is InChI=1S/C18H20ClN5/c19-16-8-11(13-10-22-18-12(13)4-3-7-21-18)9-17(24-16)23-15-6-2-1-5-14(15)20/h3-4,7-10,14-15H,1-2,5-6,20H2,(H,21,22)(H,23,24). The van der Waals surface area contributed by atoms with Crippen LogP contribution in [0, 0.1) is 0 Å². The van der Waals surface area contributed by atoms with Gasteiger partial charge in [0.1, 0.15) is 16.6 Å². The van der Waals surface area contributed by atoms with Crippen molar-refractivity contribution in [2.24, 2.45) is 5.73 Å². The van der Waals surface area contributed by atoms with Crippen LogP contribution in [0.4, 0.5) is 5.82 Å². The molecule has 3 aromatic rings. The third-order valence-corrected chi connectivity index (χ3v) is 4.90. The van der Waals surface area contributed by atoms with Gasteiger partial charge in [-0.2, -0.15) is 0 Å². The molecular formula is C18H20ClN5. The van der Waals surface area contributed by atoms with Crippen LogP contribution in [0.25, 0.3) is 22.2 Å². The van der Waals surface area contributed by atoms with Crippen LogP contribution in [0.15, 0.2) is 36.7 Å². The summed E-state index contributed by atoms with van der Waals surface area (Å²) in [5.41, 5.74) is 9.18. The zero-order valence-corrected chi connectivity index (χ0v) is 14.1. The third kappa shape index (κ3) is 2.97. The van der Waals surface area contributed by atoms with Crippen LogP contribution in [0.3, 0.4) is 0 Å². The maximum absolute atomic E-state index is 6.26. The maximum atomic E-state index is 6.26. The Morgan fingerprint density at radius 2 is 2.12 bits per heavy atom. The van der Waals surface area contributed by atoms with Crippen LogP contribution >= 0.6 is 11.6 Å². The number of nitrogens with two attached hydrogens (primary N) is 1. The van der Waals surface area contributed by atoms with Gasteiger partial charge < -0.3 is 16.0 Å². The minimum Gasteiger partial charge on any atom is -0.366 e. The molecule has 2 unspecified atom stereocenters. The van der Waals surface area contributed by atoms with Gasteiger partial charge in [-0.25, -0.2) is 9.97 Å². The number of hydrogen-bond acceptors (Lipinski definition) is 4. The first-order valence-corrected chi connectivity index (χ1v) is 8.71. The Hall–Kier alpha value is -2.11. The lowest BCUT2D eigenvalue weighted by Crippen LogP contribution is -2.42. The van der Waals surface area contributed by atoms with Crippen molar-refractivity contribution in [3.05, 3.63) is 41.8 Å². The van der Waals surface area contributed by atoms with E-state index in [2.05, 4.69) is 20.3 Å². The average Bonchev–Trinajstić information content (AvgIpc) is 3.01. The number of aromatic amines is 1. The fourth-order valence-electron chi connectivity index (χ4n) is 3.45. The van der Waals surface area contributed by atoms with Crippen molar-refractivity contribution in [1.29, 1.82) is 0 Å². The summed E-state index contributed by atoms with van der Waals surface area (Å²) < 4.78 is 0. The van der Waals surface area contributed by atoms with Crippen molar-refractivity contribution in [3.63, 3.8) is 0 Å². The topological polar surface area (TPSA) is 79.6 Å². The number of nitrogens with one attached hydrogen (secondary N) is 2. The third-order valence-electron chi connectivity index (χ3n) is 4.71. The molecule has 0 aliphatic heterocycles. The lowest BCUT2D eigenvalue weighted by molar-refractivity contribution is 0.403. The summed E-state index contributed by atoms with van der Waals surface area (Å²) in [7, 11) is 0. The molecule has 6 heteroatoms. The number of pyridine rings is 2. The van der Waals surface area contributed by atoms with Gasteiger partial charge in [0.15, 0.2) is 0 Å². The van der Waals surface area contributed by atoms with Crippen LogP contribution in [0.1, 0.15) is 25.7 Å². The summed E-state index contributed by atoms with van der Waals surface area (Å²) in [6.45, 7) is 0. The van der Waals surface area contributed by atoms with Crippen LogP contribution in [-0.2, 0) is 0 Å². The van der Waals surface area contributed by atoms with Crippen molar-refractivity contribution in [3.8, 4) is 11.1 Å². The zero-order valence-electron chi connectivity index (χ0n) is 13.3. The summed E-state index contributed by atoms with van der Waals surface area (Å²) in [5, 5.41) is 5.02. The average molecular weight is 342 g/mol. The second-order valence-corrected chi connectivity index (χ2v) is 6.75. The van der Waals surface area contributed by atoms with Gasteiger partial charge in [0, 0.05) is 35.4 Å². The van der Waals surface area contributed by atoms with Gasteiger partial charge in [0.25, 0.3) is 0 Å². The largest absolute Gasteiger partial charge is 0.366 e. The molecule has 5 nitrogen and oxygen atoms in total. The Morgan fingerprint density at radius 3 is 3.00 bits per heavy atom. The van der Waals surface area contributed by atoms with Crippen LogP contribution in [0.5, 0.6) is 0 Å². The summed E-state index contributed by atoms with van der Waals surface area (Å²) in [4.78, 5) is 12.0. The van der Waals surface area contributed by atoms with Crippen molar-refractivity contribution in [2.45, 2.75) is 37.8 Å². The van der Waals surface area contributed by atoms with E-state index in [1.807, 2.05) is 30.5 Å². The van der Waals surface area contributed by atoms with Gasteiger partial charge in [-0.1, -0.05) is 24.4 Å². The first-order chi connectivity index (χ1) is 11.7. The quantitative estimate of drug-likeness (QED) is 0.630. The Kier molecular flexibility index (Phi) is 4.12. The Bertz CT molecular complexity index is 859. The number of anilines is 1. The van der Waals surface area contributed by atoms with E-state index in [0.29, 0.717) is 5.15 Å². The first kappa shape index (κ1) is 15.4. The van der Waals surface area contributed by atoms with Crippen molar-refractivity contribution >= 4 is 28.5 Å². The molecule has 4 rings (SSSR count). The van der Waals surface area contributed by atoms with Gasteiger partial charge in [-0.05, 0) is 42.7 Å². The highest BCUT2D eigenvalue weighted by Gasteiger charge is 2.22. The van der Waals surface area contributed by atoms with Crippen LogP contribution in [0.2, 0.25) is 5.15 Å². The van der Waals surface area contributed by atoms with E-state index in [1.54, 1.807) is 6.20 Å². The monoisotopic (exact) mass is 341 g/mol. The van der Waals surface area contributed by atoms with Gasteiger partial charge in [0.05, 0.1) is 0 Å². The Labute approximate surface area is 145 Å². The fraction of sp³-hybridized carbons (Fsp3) is 0.333. The first-order valence-electron chi connectivity index (χ1n) is 8.33. The van der Waals surface area contributed by atoms with Crippen LogP contribution in [-0.4, -0.2) is 27.0 Å². The number of rotatable bonds is 3. The molecule has 1 saturated carbocycles. The molecule has 0 bridgehead atoms. The Morgan fingerprint density at radius 1 is 1.25 bits per heavy atom. The summed E-state index contributed by atoms with van der Waals surface area (Å²) in [5.74, 6) is 0.776. The molecule has 124 valence electrons. The van der Waals surface area contributed by atoms with Crippen molar-refractivity contribution < 1.29 is 0 Å². The number of H-pyrrole nitrogens is 1. The lowest BCUT2D eigenvalue weighted by Gasteiger charge is -2.29. The number of nitrogens with zero attached hydrogens (tertiary/aromatic N) is 2. The zero-order chi connectivity index (χ0) is 16.5. The molecule has 4 N–H and O–H groups in total. The van der Waals surface area contributed by atoms with Gasteiger partial charge in [-0.3, -0.25) is 0 Å². The van der Waals surface area contributed by atoms with E-state index in [-0.39, 0.29) is 12.1 Å². The number of halogens is 1. The van der Waals surface area contributed by atoms with E-state index in [4.69, 9.17) is 17.3 Å². The summed E-state index contributed by atoms with van der Waals surface area (Å²) in [6, 6.07) is 8.31. The van der Waals surface area contributed by atoms with Crippen molar-refractivity contribution in [1.82, 2.24) is 15.0 Å². The Balaban J connectivity index is 1.68. The molecular weight excluding hydrogens is 322 g/mol. The van der Waals surface area contributed by atoms with E-state index in [0.717, 1.165) is 40.8 Å². The molecule has 2 atom stereocenters. The number of hydrogen-bond donors (Lipinski definition) is 3. The lowest BCUT2D eigenvalue weighted by atomic mass is 9.91. The molecule has 24 heavy (non-hydrogen) atoms. The summed E-state index contributed by atoms with van der Waals surface area (Å²) >= 11 is 6.26. The molecule has 0 saturated heterocycles. The smallest absolute Gasteiger partial charge is 0.137 e. The minimum atomic E-state index is 0.167. The second kappa shape index (κ2) is 6.42. The predicted octanol–water partition coefficient (Wildman–Crippen LogP) is 3.96. The van der Waals surface area contributed by atoms with E-state index >= 15 is 0 Å². The normalized spacial score (nSPS) is 21.1. The van der Waals surface area contributed by atoms with Crippen molar-refractivity contribution in [2.75, 3.05) is 5.32 Å². The van der Waals surface area contributed by atoms with E-state index < -0.39 is 0 Å². The molecule has 0 amide bonds. The number of fused-ring (bicyclic) bond motifs is 1. The molecule has 1 fully saturated rings. The molecule has 0 aromatic carbocycles. The molecule has 3 aromatic heterocycles. The highest BCUT2D eigenvalue weighted by Crippen LogP contribution is 2.31. The van der Waals surface area contributed by atoms with Gasteiger partial charge >= 0.3 is 0 Å². The number of aromatic nitrogens is 3. The summed E-state index contributed by atoms with van der Waals surface area (Å²) in [6.07, 6.45) is 8.27. The van der Waals surface area contributed by atoms with E-state index in [1.165, 1.54) is 12.8 Å². The molecule has 1 aliphatic rings.